The van der Waals surface area contributed by atoms with Crippen molar-refractivity contribution >= 4 is 23.7 Å². The molecular formula is C17H25N5O4. The molecule has 2 amide bonds. The van der Waals surface area contributed by atoms with E-state index in [2.05, 4.69) is 16.0 Å². The van der Waals surface area contributed by atoms with Gasteiger partial charge in [0.2, 0.25) is 11.8 Å². The van der Waals surface area contributed by atoms with Crippen LogP contribution in [0, 0.1) is 5.41 Å². The van der Waals surface area contributed by atoms with E-state index in [1.165, 1.54) is 6.92 Å². The molecule has 7 N–H and O–H groups in total. The first kappa shape index (κ1) is 20.9. The monoisotopic (exact) mass is 363 g/mol. The average Bonchev–Trinajstić information content (AvgIpc) is 2.57. The van der Waals surface area contributed by atoms with Gasteiger partial charge < -0.3 is 26.8 Å². The number of hydrogen-bond acceptors (Lipinski definition) is 4. The van der Waals surface area contributed by atoms with Crippen LogP contribution in [0.25, 0.3) is 0 Å². The highest BCUT2D eigenvalue weighted by Gasteiger charge is 2.25. The molecule has 1 rings (SSSR count). The van der Waals surface area contributed by atoms with Crippen molar-refractivity contribution in [2.45, 2.75) is 38.3 Å². The molecule has 2 atom stereocenters. The summed E-state index contributed by atoms with van der Waals surface area (Å²) in [6, 6.07) is 7.16. The Hall–Kier alpha value is -3.10. The Morgan fingerprint density at radius 3 is 2.35 bits per heavy atom. The van der Waals surface area contributed by atoms with E-state index in [9.17, 15) is 19.5 Å². The third-order valence-electron chi connectivity index (χ3n) is 3.58. The summed E-state index contributed by atoms with van der Waals surface area (Å²) in [6.07, 6.45) is 0.824. The van der Waals surface area contributed by atoms with Crippen molar-refractivity contribution in [2.24, 2.45) is 5.73 Å². The molecule has 0 heterocycles. The summed E-state index contributed by atoms with van der Waals surface area (Å²) in [5.74, 6) is -2.30. The van der Waals surface area contributed by atoms with E-state index in [0.717, 1.165) is 5.56 Å². The summed E-state index contributed by atoms with van der Waals surface area (Å²) in [6.45, 7) is 1.63. The second-order valence-electron chi connectivity index (χ2n) is 5.82. The van der Waals surface area contributed by atoms with Crippen LogP contribution in [0.3, 0.4) is 0 Å². The zero-order valence-corrected chi connectivity index (χ0v) is 14.6. The van der Waals surface area contributed by atoms with E-state index in [1.807, 2.05) is 30.3 Å². The van der Waals surface area contributed by atoms with E-state index in [4.69, 9.17) is 11.1 Å². The number of guanidine groups is 1. The van der Waals surface area contributed by atoms with Gasteiger partial charge in [0.25, 0.3) is 0 Å². The highest BCUT2D eigenvalue weighted by atomic mass is 16.4. The Kier molecular flexibility index (Phi) is 8.62. The highest BCUT2D eigenvalue weighted by molar-refractivity contribution is 5.90. The van der Waals surface area contributed by atoms with E-state index in [-0.39, 0.29) is 24.7 Å². The first-order chi connectivity index (χ1) is 12.3. The van der Waals surface area contributed by atoms with Gasteiger partial charge in [-0.3, -0.25) is 15.0 Å². The van der Waals surface area contributed by atoms with Gasteiger partial charge in [0.05, 0.1) is 0 Å². The van der Waals surface area contributed by atoms with Crippen molar-refractivity contribution in [1.82, 2.24) is 16.0 Å². The third-order valence-corrected chi connectivity index (χ3v) is 3.58. The van der Waals surface area contributed by atoms with Crippen LogP contribution in [0.4, 0.5) is 0 Å². The molecule has 1 aromatic carbocycles. The molecule has 142 valence electrons. The molecule has 0 radical (unpaired) electrons. The lowest BCUT2D eigenvalue weighted by Crippen LogP contribution is -2.52. The predicted molar refractivity (Wildman–Crippen MR) is 96.5 cm³/mol. The SMILES string of the molecule is CC(=O)N[C@H](Cc1ccccc1)C(=O)N[C@@H](CCCNC(=N)N)C(=O)O. The zero-order chi connectivity index (χ0) is 19.5. The van der Waals surface area contributed by atoms with Crippen molar-refractivity contribution in [3.8, 4) is 0 Å². The summed E-state index contributed by atoms with van der Waals surface area (Å²) < 4.78 is 0. The molecule has 26 heavy (non-hydrogen) atoms. The van der Waals surface area contributed by atoms with Crippen LogP contribution in [0.2, 0.25) is 0 Å². The van der Waals surface area contributed by atoms with Crippen molar-refractivity contribution in [3.05, 3.63) is 35.9 Å². The van der Waals surface area contributed by atoms with E-state index in [1.54, 1.807) is 0 Å². The molecule has 0 fully saturated rings. The Morgan fingerprint density at radius 1 is 1.15 bits per heavy atom. The minimum atomic E-state index is -1.16. The Balaban J connectivity index is 2.69. The quantitative estimate of drug-likeness (QED) is 0.188. The molecule has 0 saturated heterocycles. The van der Waals surface area contributed by atoms with Gasteiger partial charge in [-0.05, 0) is 18.4 Å². The topological polar surface area (TPSA) is 157 Å². The second-order valence-corrected chi connectivity index (χ2v) is 5.82. The van der Waals surface area contributed by atoms with Crippen LogP contribution in [0.15, 0.2) is 30.3 Å². The maximum absolute atomic E-state index is 12.5. The van der Waals surface area contributed by atoms with Crippen LogP contribution in [-0.2, 0) is 20.8 Å². The number of carboxylic acids is 1. The minimum absolute atomic E-state index is 0.166. The number of carbonyl (C=O) groups is 3. The molecule has 0 aliphatic carbocycles. The molecular weight excluding hydrogens is 338 g/mol. The van der Waals surface area contributed by atoms with Gasteiger partial charge in [-0.15, -0.1) is 0 Å². The fourth-order valence-electron chi connectivity index (χ4n) is 2.36. The largest absolute Gasteiger partial charge is 0.480 e. The molecule has 0 saturated carbocycles. The molecule has 9 nitrogen and oxygen atoms in total. The number of amides is 2. The molecule has 9 heteroatoms. The molecule has 0 aromatic heterocycles. The first-order valence-corrected chi connectivity index (χ1v) is 8.21. The summed E-state index contributed by atoms with van der Waals surface area (Å²) in [4.78, 5) is 35.3. The lowest BCUT2D eigenvalue weighted by molar-refractivity contribution is -0.142. The van der Waals surface area contributed by atoms with Crippen molar-refractivity contribution in [2.75, 3.05) is 6.54 Å². The van der Waals surface area contributed by atoms with Crippen LogP contribution >= 0.6 is 0 Å². The summed E-state index contributed by atoms with van der Waals surface area (Å²) >= 11 is 0. The van der Waals surface area contributed by atoms with Gasteiger partial charge in [-0.2, -0.15) is 0 Å². The summed E-state index contributed by atoms with van der Waals surface area (Å²) in [5.41, 5.74) is 6.00. The number of nitrogens with one attached hydrogen (secondary N) is 4. The van der Waals surface area contributed by atoms with Crippen LogP contribution in [0.1, 0.15) is 25.3 Å². The Bertz CT molecular complexity index is 635. The number of rotatable bonds is 10. The van der Waals surface area contributed by atoms with Crippen molar-refractivity contribution in [1.29, 1.82) is 5.41 Å². The number of aliphatic carboxylic acids is 1. The Labute approximate surface area is 151 Å². The van der Waals surface area contributed by atoms with E-state index >= 15 is 0 Å². The van der Waals surface area contributed by atoms with Gasteiger partial charge in [0.15, 0.2) is 5.96 Å². The summed E-state index contributed by atoms with van der Waals surface area (Å²) in [7, 11) is 0. The van der Waals surface area contributed by atoms with Gasteiger partial charge in [0, 0.05) is 19.9 Å². The zero-order valence-electron chi connectivity index (χ0n) is 14.6. The first-order valence-electron chi connectivity index (χ1n) is 8.21. The lowest BCUT2D eigenvalue weighted by Gasteiger charge is -2.21. The molecule has 0 spiro atoms. The molecule has 0 unspecified atom stereocenters. The standard InChI is InChI=1S/C17H25N5O4/c1-11(23)21-14(10-12-6-3-2-4-7-12)15(24)22-13(16(25)26)8-5-9-20-17(18)19/h2-4,6-7,13-14H,5,8-10H2,1H3,(H,21,23)(H,22,24)(H,25,26)(H4,18,19,20)/t13-,14+/m0/s1. The van der Waals surface area contributed by atoms with Gasteiger partial charge >= 0.3 is 5.97 Å². The maximum atomic E-state index is 12.5. The average molecular weight is 363 g/mol. The number of carbonyl (C=O) groups excluding carboxylic acids is 2. The van der Waals surface area contributed by atoms with Crippen molar-refractivity contribution < 1.29 is 19.5 Å². The number of nitrogens with two attached hydrogens (primary N) is 1. The number of benzene rings is 1. The fraction of sp³-hybridized carbons (Fsp3) is 0.412. The van der Waals surface area contributed by atoms with Gasteiger partial charge in [-0.25, -0.2) is 4.79 Å². The van der Waals surface area contributed by atoms with E-state index in [0.29, 0.717) is 13.0 Å². The second kappa shape index (κ2) is 10.7. The predicted octanol–water partition coefficient (Wildman–Crippen LogP) is -0.434. The van der Waals surface area contributed by atoms with Crippen molar-refractivity contribution in [3.63, 3.8) is 0 Å². The van der Waals surface area contributed by atoms with Crippen LogP contribution < -0.4 is 21.7 Å². The normalized spacial score (nSPS) is 12.5. The molecule has 0 bridgehead atoms. The van der Waals surface area contributed by atoms with Gasteiger partial charge in [-0.1, -0.05) is 30.3 Å². The number of hydrogen-bond donors (Lipinski definition) is 6. The lowest BCUT2D eigenvalue weighted by atomic mass is 10.0. The summed E-state index contributed by atoms with van der Waals surface area (Å²) in [5, 5.41) is 23.9. The van der Waals surface area contributed by atoms with Gasteiger partial charge in [0.1, 0.15) is 12.1 Å². The Morgan fingerprint density at radius 2 is 1.81 bits per heavy atom. The fourth-order valence-corrected chi connectivity index (χ4v) is 2.36. The van der Waals surface area contributed by atoms with Crippen LogP contribution in [0.5, 0.6) is 0 Å². The van der Waals surface area contributed by atoms with Crippen LogP contribution in [-0.4, -0.2) is 47.5 Å². The minimum Gasteiger partial charge on any atom is -0.480 e. The molecule has 0 aliphatic heterocycles. The molecule has 0 aliphatic rings. The highest BCUT2D eigenvalue weighted by Crippen LogP contribution is 2.05. The third kappa shape index (κ3) is 8.13. The number of carboxylic acid groups (broad SMARTS) is 1. The maximum Gasteiger partial charge on any atom is 0.326 e. The smallest absolute Gasteiger partial charge is 0.326 e. The van der Waals surface area contributed by atoms with E-state index < -0.39 is 24.0 Å². The molecule has 1 aromatic rings.